The van der Waals surface area contributed by atoms with Crippen molar-refractivity contribution in [3.63, 3.8) is 0 Å². The van der Waals surface area contributed by atoms with E-state index in [9.17, 15) is 5.26 Å². The Bertz CT molecular complexity index is 530. The van der Waals surface area contributed by atoms with Gasteiger partial charge in [0, 0.05) is 13.1 Å². The van der Waals surface area contributed by atoms with Gasteiger partial charge in [0.25, 0.3) is 0 Å². The normalized spacial score (nSPS) is 27.1. The first kappa shape index (κ1) is 23.4. The Kier molecular flexibility index (Phi) is 10.0. The van der Waals surface area contributed by atoms with E-state index in [2.05, 4.69) is 48.5 Å². The highest BCUT2D eigenvalue weighted by Crippen LogP contribution is 2.38. The second kappa shape index (κ2) is 12.0. The first-order valence-electron chi connectivity index (χ1n) is 11.6. The van der Waals surface area contributed by atoms with Crippen molar-refractivity contribution in [1.29, 1.82) is 5.26 Å². The molecule has 158 valence electrons. The molecule has 3 rings (SSSR count). The minimum absolute atomic E-state index is 0.164. The summed E-state index contributed by atoms with van der Waals surface area (Å²) in [5.41, 5.74) is 3.42. The van der Waals surface area contributed by atoms with Crippen LogP contribution >= 0.6 is 0 Å². The fraction of sp³-hybridized carbons (Fsp3) is 0.870. The molecule has 3 aliphatic rings. The lowest BCUT2D eigenvalue weighted by Gasteiger charge is -2.47. The van der Waals surface area contributed by atoms with E-state index in [1.807, 2.05) is 0 Å². The molecule has 1 aliphatic carbocycles. The smallest absolute Gasteiger partial charge is 0.137 e. The number of rotatable bonds is 7. The zero-order chi connectivity index (χ0) is 20.3. The summed E-state index contributed by atoms with van der Waals surface area (Å²) in [4.78, 5) is 2.39. The van der Waals surface area contributed by atoms with Crippen molar-refractivity contribution in [2.24, 2.45) is 5.92 Å². The van der Waals surface area contributed by atoms with Gasteiger partial charge in [-0.05, 0) is 75.7 Å². The molecule has 0 spiro atoms. The fourth-order valence-electron chi connectivity index (χ4n) is 4.26. The summed E-state index contributed by atoms with van der Waals surface area (Å²) in [6, 6.07) is 6.38. The molecule has 0 aromatic rings. The third kappa shape index (κ3) is 6.33. The summed E-state index contributed by atoms with van der Waals surface area (Å²) in [5, 5.41) is 12.7. The molecular weight excluding hydrogens is 362 g/mol. The third-order valence-electron chi connectivity index (χ3n) is 7.22. The van der Waals surface area contributed by atoms with E-state index in [-0.39, 0.29) is 5.54 Å². The van der Waals surface area contributed by atoms with Crippen molar-refractivity contribution in [2.75, 3.05) is 39.4 Å². The van der Waals surface area contributed by atoms with Gasteiger partial charge in [-0.15, -0.1) is 5.54 Å². The number of nitrogens with one attached hydrogen (secondary N) is 1. The van der Waals surface area contributed by atoms with Crippen LogP contribution in [-0.2, 0) is 4.74 Å². The van der Waals surface area contributed by atoms with E-state index in [4.69, 9.17) is 4.74 Å². The van der Waals surface area contributed by atoms with Crippen LogP contribution in [0.1, 0.15) is 59.3 Å². The summed E-state index contributed by atoms with van der Waals surface area (Å²) in [6.07, 6.45) is 6.91. The Balaban J connectivity index is 0.000000620. The van der Waals surface area contributed by atoms with Gasteiger partial charge in [0.15, 0.2) is 0 Å². The van der Waals surface area contributed by atoms with Gasteiger partial charge in [-0.25, -0.2) is 0 Å². The number of hydrogen-bond donors (Lipinski definition) is 1. The number of ether oxygens (including phenoxy) is 1. The maximum absolute atomic E-state index is 9.62. The van der Waals surface area contributed by atoms with Crippen molar-refractivity contribution < 1.29 is 4.74 Å². The van der Waals surface area contributed by atoms with Crippen LogP contribution < -0.4 is 5.32 Å². The molecule has 4 nitrogen and oxygen atoms in total. The summed E-state index contributed by atoms with van der Waals surface area (Å²) in [5.74, 6) is 3.92. The highest BCUT2D eigenvalue weighted by Gasteiger charge is 2.42. The molecule has 0 aromatic carbocycles. The van der Waals surface area contributed by atoms with Crippen molar-refractivity contribution in [1.82, 2.24) is 10.2 Å². The molecule has 1 N–H and O–H groups in total. The lowest BCUT2D eigenvalue weighted by Crippen LogP contribution is -2.56. The van der Waals surface area contributed by atoms with E-state index in [0.29, 0.717) is 12.5 Å². The molecule has 2 heterocycles. The van der Waals surface area contributed by atoms with Gasteiger partial charge in [0.05, 0.1) is 12.7 Å². The average molecular weight is 404 g/mol. The van der Waals surface area contributed by atoms with Gasteiger partial charge in [-0.2, -0.15) is 5.26 Å². The monoisotopic (exact) mass is 403 g/mol. The molecule has 1 saturated carbocycles. The van der Waals surface area contributed by atoms with E-state index in [0.717, 1.165) is 45.4 Å². The molecule has 5 heteroatoms. The molecule has 28 heavy (non-hydrogen) atoms. The third-order valence-corrected chi connectivity index (χ3v) is 12.0. The summed E-state index contributed by atoms with van der Waals surface area (Å²) in [7, 11) is -1.32. The Morgan fingerprint density at radius 3 is 2.04 bits per heavy atom. The summed E-state index contributed by atoms with van der Waals surface area (Å²) in [6.45, 7) is 13.0. The van der Waals surface area contributed by atoms with E-state index in [1.54, 1.807) is 0 Å². The van der Waals surface area contributed by atoms with Crippen LogP contribution in [0, 0.1) is 28.7 Å². The zero-order valence-electron chi connectivity index (χ0n) is 18.5. The van der Waals surface area contributed by atoms with Gasteiger partial charge >= 0.3 is 0 Å². The highest BCUT2D eigenvalue weighted by molar-refractivity contribution is 6.87. The van der Waals surface area contributed by atoms with Gasteiger partial charge in [-0.3, -0.25) is 4.90 Å². The van der Waals surface area contributed by atoms with Gasteiger partial charge in [0.1, 0.15) is 20.2 Å². The quantitative estimate of drug-likeness (QED) is 0.393. The lowest BCUT2D eigenvalue weighted by atomic mass is 9.75. The second-order valence-corrected chi connectivity index (χ2v) is 13.6. The van der Waals surface area contributed by atoms with Crippen molar-refractivity contribution in [3.8, 4) is 17.5 Å². The molecule has 0 radical (unpaired) electrons. The topological polar surface area (TPSA) is 48.3 Å². The number of nitriles is 1. The minimum Gasteiger partial charge on any atom is -0.369 e. The first-order chi connectivity index (χ1) is 13.6. The molecule has 2 saturated heterocycles. The fourth-order valence-corrected chi connectivity index (χ4v) is 6.73. The molecule has 2 aliphatic heterocycles. The standard InChI is InChI=1S/C20H34N2OSi.C3H7N/c1-4-24(5-2,6-3)16-8-15-23-17-19-9-11-20(18-21,12-10-19)22-13-7-14-22;1-2-4-3-1/h19H,4-7,9-15,17H2,1-3H3;4H,1-3H2. The first-order valence-corrected chi connectivity index (χ1v) is 14.2. The molecule has 0 bridgehead atoms. The van der Waals surface area contributed by atoms with Gasteiger partial charge in [-0.1, -0.05) is 26.7 Å². The summed E-state index contributed by atoms with van der Waals surface area (Å²) >= 11 is 0. The van der Waals surface area contributed by atoms with E-state index in [1.165, 1.54) is 44.1 Å². The largest absolute Gasteiger partial charge is 0.369 e. The maximum atomic E-state index is 9.62. The molecule has 0 unspecified atom stereocenters. The van der Waals surface area contributed by atoms with Crippen molar-refractivity contribution >= 4 is 8.07 Å². The van der Waals surface area contributed by atoms with Crippen LogP contribution in [0.15, 0.2) is 0 Å². The molecule has 0 amide bonds. The Hall–Kier alpha value is -0.853. The van der Waals surface area contributed by atoms with Crippen LogP contribution in [0.4, 0.5) is 0 Å². The highest BCUT2D eigenvalue weighted by atomic mass is 28.3. The maximum Gasteiger partial charge on any atom is 0.137 e. The van der Waals surface area contributed by atoms with Crippen molar-refractivity contribution in [2.45, 2.75) is 83.0 Å². The summed E-state index contributed by atoms with van der Waals surface area (Å²) < 4.78 is 5.86. The predicted octanol–water partition coefficient (Wildman–Crippen LogP) is 4.19. The van der Waals surface area contributed by atoms with Crippen LogP contribution in [0.25, 0.3) is 0 Å². The predicted molar refractivity (Wildman–Crippen MR) is 120 cm³/mol. The number of hydrogen-bond acceptors (Lipinski definition) is 4. The average Bonchev–Trinajstić information content (AvgIpc) is 2.64. The van der Waals surface area contributed by atoms with Crippen LogP contribution in [-0.4, -0.2) is 57.9 Å². The van der Waals surface area contributed by atoms with Crippen LogP contribution in [0.3, 0.4) is 0 Å². The van der Waals surface area contributed by atoms with Gasteiger partial charge < -0.3 is 10.1 Å². The van der Waals surface area contributed by atoms with Crippen LogP contribution in [0.5, 0.6) is 0 Å². The zero-order valence-corrected chi connectivity index (χ0v) is 19.5. The number of likely N-dealkylation sites (tertiary alicyclic amines) is 1. The number of nitrogens with zero attached hydrogens (tertiary/aromatic N) is 2. The van der Waals surface area contributed by atoms with E-state index < -0.39 is 8.07 Å². The van der Waals surface area contributed by atoms with E-state index >= 15 is 0 Å². The van der Waals surface area contributed by atoms with Crippen LogP contribution in [0.2, 0.25) is 18.1 Å². The molecule has 0 aromatic heterocycles. The Morgan fingerprint density at radius 1 is 1.07 bits per heavy atom. The van der Waals surface area contributed by atoms with Crippen molar-refractivity contribution in [3.05, 3.63) is 0 Å². The molecule has 0 atom stereocenters. The minimum atomic E-state index is -1.32. The Labute approximate surface area is 174 Å². The molecular formula is C23H41N3OSi. The Morgan fingerprint density at radius 2 is 1.64 bits per heavy atom. The second-order valence-electron chi connectivity index (χ2n) is 8.69. The molecule has 3 fully saturated rings. The lowest BCUT2D eigenvalue weighted by molar-refractivity contribution is 0.0149. The SMILES string of the molecule is C1CNC1.CC[Si](C#CCOCC1CCC(C#N)(N2CCC2)CC1)(CC)CC. The van der Waals surface area contributed by atoms with Gasteiger partial charge in [0.2, 0.25) is 0 Å².